The Kier molecular flexibility index (Phi) is 6.80. The molecule has 2 atom stereocenters. The summed E-state index contributed by atoms with van der Waals surface area (Å²) in [5.74, 6) is 0.818. The van der Waals surface area contributed by atoms with E-state index in [9.17, 15) is 4.79 Å². The predicted octanol–water partition coefficient (Wildman–Crippen LogP) is 1.61. The first kappa shape index (κ1) is 16.4. The number of carbonyl (C=O) groups is 1. The summed E-state index contributed by atoms with van der Waals surface area (Å²) in [7, 11) is 0. The van der Waals surface area contributed by atoms with Crippen LogP contribution < -0.4 is 10.6 Å². The number of nitrogens with one attached hydrogen (secondary N) is 2. The molecule has 112 valence electrons. The van der Waals surface area contributed by atoms with Gasteiger partial charge in [-0.15, -0.1) is 0 Å². The summed E-state index contributed by atoms with van der Waals surface area (Å²) in [6, 6.07) is 1.05. The molecule has 0 radical (unpaired) electrons. The molecule has 2 N–H and O–H groups in total. The first-order valence-electron chi connectivity index (χ1n) is 7.68. The minimum absolute atomic E-state index is 0.00954. The van der Waals surface area contributed by atoms with Crippen molar-refractivity contribution in [1.29, 1.82) is 0 Å². The second kappa shape index (κ2) is 7.85. The number of rotatable bonds is 6. The maximum Gasteiger partial charge on any atom is 0.237 e. The fraction of sp³-hybridized carbons (Fsp3) is 0.933. The summed E-state index contributed by atoms with van der Waals surface area (Å²) < 4.78 is 0. The first-order chi connectivity index (χ1) is 8.91. The molecule has 0 bridgehead atoms. The Balaban J connectivity index is 2.29. The quantitative estimate of drug-likeness (QED) is 0.770. The van der Waals surface area contributed by atoms with Crippen LogP contribution in [0.15, 0.2) is 0 Å². The number of amides is 1. The average Bonchev–Trinajstić information content (AvgIpc) is 2.33. The van der Waals surface area contributed by atoms with Crippen LogP contribution in [0.5, 0.6) is 0 Å². The van der Waals surface area contributed by atoms with Gasteiger partial charge in [0.1, 0.15) is 0 Å². The minimum atomic E-state index is 0.00954. The Bertz CT molecular complexity index is 271. The maximum atomic E-state index is 12.1. The zero-order chi connectivity index (χ0) is 14.4. The van der Waals surface area contributed by atoms with E-state index in [2.05, 4.69) is 50.2 Å². The van der Waals surface area contributed by atoms with Crippen molar-refractivity contribution < 1.29 is 4.79 Å². The van der Waals surface area contributed by atoms with E-state index in [4.69, 9.17) is 0 Å². The van der Waals surface area contributed by atoms with Crippen LogP contribution in [0, 0.1) is 5.92 Å². The highest BCUT2D eigenvalue weighted by Gasteiger charge is 2.24. The van der Waals surface area contributed by atoms with Gasteiger partial charge < -0.3 is 10.6 Å². The molecule has 1 aliphatic heterocycles. The maximum absolute atomic E-state index is 12.1. The fourth-order valence-electron chi connectivity index (χ4n) is 2.85. The Morgan fingerprint density at radius 1 is 1.32 bits per heavy atom. The monoisotopic (exact) mass is 269 g/mol. The van der Waals surface area contributed by atoms with Crippen LogP contribution in [0.2, 0.25) is 0 Å². The standard InChI is InChI=1S/C15H31N3O/c1-11(2)18(12(3)4)9-8-17-15(19)14-10-13(5)6-7-16-14/h11-14,16H,6-10H2,1-5H3,(H,17,19). The zero-order valence-electron chi connectivity index (χ0n) is 13.2. The summed E-state index contributed by atoms with van der Waals surface area (Å²) in [6.07, 6.45) is 2.14. The van der Waals surface area contributed by atoms with Crippen LogP contribution in [0.3, 0.4) is 0 Å². The Morgan fingerprint density at radius 2 is 1.95 bits per heavy atom. The molecule has 0 saturated carbocycles. The molecule has 1 rings (SSSR count). The summed E-state index contributed by atoms with van der Waals surface area (Å²) in [6.45, 7) is 13.6. The Hall–Kier alpha value is -0.610. The lowest BCUT2D eigenvalue weighted by Gasteiger charge is -2.31. The molecule has 2 unspecified atom stereocenters. The van der Waals surface area contributed by atoms with Gasteiger partial charge in [0.25, 0.3) is 0 Å². The van der Waals surface area contributed by atoms with Crippen molar-refractivity contribution >= 4 is 5.91 Å². The van der Waals surface area contributed by atoms with Crippen molar-refractivity contribution in [3.05, 3.63) is 0 Å². The van der Waals surface area contributed by atoms with Gasteiger partial charge >= 0.3 is 0 Å². The average molecular weight is 269 g/mol. The highest BCUT2D eigenvalue weighted by Crippen LogP contribution is 2.14. The van der Waals surface area contributed by atoms with Crippen molar-refractivity contribution in [3.63, 3.8) is 0 Å². The first-order valence-corrected chi connectivity index (χ1v) is 7.68. The molecule has 4 nitrogen and oxygen atoms in total. The van der Waals surface area contributed by atoms with E-state index in [0.29, 0.717) is 18.0 Å². The molecule has 1 saturated heterocycles. The number of hydrogen-bond donors (Lipinski definition) is 2. The molecular formula is C15H31N3O. The van der Waals surface area contributed by atoms with E-state index in [1.807, 2.05) is 0 Å². The molecular weight excluding hydrogens is 238 g/mol. The summed E-state index contributed by atoms with van der Waals surface area (Å²) in [5.41, 5.74) is 0. The van der Waals surface area contributed by atoms with Gasteiger partial charge in [-0.1, -0.05) is 6.92 Å². The minimum Gasteiger partial charge on any atom is -0.353 e. The molecule has 19 heavy (non-hydrogen) atoms. The Labute approximate surface area is 118 Å². The molecule has 0 aliphatic carbocycles. The van der Waals surface area contributed by atoms with Crippen LogP contribution in [0.4, 0.5) is 0 Å². The third kappa shape index (κ3) is 5.49. The number of nitrogens with zero attached hydrogens (tertiary/aromatic N) is 1. The largest absolute Gasteiger partial charge is 0.353 e. The number of hydrogen-bond acceptors (Lipinski definition) is 3. The molecule has 4 heteroatoms. The van der Waals surface area contributed by atoms with E-state index in [1.54, 1.807) is 0 Å². The van der Waals surface area contributed by atoms with E-state index in [0.717, 1.165) is 26.1 Å². The molecule has 0 spiro atoms. The molecule has 0 aromatic rings. The van der Waals surface area contributed by atoms with Crippen LogP contribution in [0.1, 0.15) is 47.5 Å². The summed E-state index contributed by atoms with van der Waals surface area (Å²) in [5, 5.41) is 6.38. The van der Waals surface area contributed by atoms with Gasteiger partial charge in [-0.2, -0.15) is 0 Å². The topological polar surface area (TPSA) is 44.4 Å². The van der Waals surface area contributed by atoms with E-state index in [-0.39, 0.29) is 11.9 Å². The third-order valence-corrected chi connectivity index (χ3v) is 3.98. The molecule has 1 aliphatic rings. The number of carbonyl (C=O) groups excluding carboxylic acids is 1. The molecule has 1 fully saturated rings. The van der Waals surface area contributed by atoms with Gasteiger partial charge in [-0.3, -0.25) is 9.69 Å². The predicted molar refractivity (Wildman–Crippen MR) is 80.2 cm³/mol. The summed E-state index contributed by atoms with van der Waals surface area (Å²) >= 11 is 0. The lowest BCUT2D eigenvalue weighted by atomic mass is 9.94. The Morgan fingerprint density at radius 3 is 2.47 bits per heavy atom. The van der Waals surface area contributed by atoms with Crippen molar-refractivity contribution in [1.82, 2.24) is 15.5 Å². The highest BCUT2D eigenvalue weighted by atomic mass is 16.2. The van der Waals surface area contributed by atoms with Crippen molar-refractivity contribution in [2.24, 2.45) is 5.92 Å². The van der Waals surface area contributed by atoms with Crippen molar-refractivity contribution in [2.45, 2.75) is 65.6 Å². The normalized spacial score (nSPS) is 24.2. The van der Waals surface area contributed by atoms with Gasteiger partial charge in [0.15, 0.2) is 0 Å². The van der Waals surface area contributed by atoms with Crippen molar-refractivity contribution in [2.75, 3.05) is 19.6 Å². The van der Waals surface area contributed by atoms with Crippen LogP contribution in [-0.2, 0) is 4.79 Å². The third-order valence-electron chi connectivity index (χ3n) is 3.98. The fourth-order valence-corrected chi connectivity index (χ4v) is 2.85. The molecule has 1 amide bonds. The SMILES string of the molecule is CC1CCNC(C(=O)NCCN(C(C)C)C(C)C)C1. The van der Waals surface area contributed by atoms with Crippen LogP contribution in [0.25, 0.3) is 0 Å². The number of piperidine rings is 1. The van der Waals surface area contributed by atoms with E-state index < -0.39 is 0 Å². The second-order valence-corrected chi connectivity index (χ2v) is 6.35. The van der Waals surface area contributed by atoms with Crippen LogP contribution >= 0.6 is 0 Å². The van der Waals surface area contributed by atoms with Gasteiger partial charge in [0.05, 0.1) is 6.04 Å². The van der Waals surface area contributed by atoms with Gasteiger partial charge in [0, 0.05) is 25.2 Å². The van der Waals surface area contributed by atoms with Gasteiger partial charge in [-0.05, 0) is 53.0 Å². The lowest BCUT2D eigenvalue weighted by Crippen LogP contribution is -2.50. The lowest BCUT2D eigenvalue weighted by molar-refractivity contribution is -0.124. The highest BCUT2D eigenvalue weighted by molar-refractivity contribution is 5.81. The van der Waals surface area contributed by atoms with E-state index >= 15 is 0 Å². The van der Waals surface area contributed by atoms with Crippen LogP contribution in [-0.4, -0.2) is 48.6 Å². The van der Waals surface area contributed by atoms with Gasteiger partial charge in [0.2, 0.25) is 5.91 Å². The molecule has 0 aromatic heterocycles. The molecule has 0 aromatic carbocycles. The van der Waals surface area contributed by atoms with Crippen molar-refractivity contribution in [3.8, 4) is 0 Å². The molecule has 1 heterocycles. The van der Waals surface area contributed by atoms with E-state index in [1.165, 1.54) is 6.42 Å². The zero-order valence-corrected chi connectivity index (χ0v) is 13.2. The van der Waals surface area contributed by atoms with Gasteiger partial charge in [-0.25, -0.2) is 0 Å². The summed E-state index contributed by atoms with van der Waals surface area (Å²) in [4.78, 5) is 14.5. The smallest absolute Gasteiger partial charge is 0.237 e. The second-order valence-electron chi connectivity index (χ2n) is 6.35.